The maximum atomic E-state index is 13.4. The number of anilines is 1. The zero-order chi connectivity index (χ0) is 23.3. The summed E-state index contributed by atoms with van der Waals surface area (Å²) in [5.41, 5.74) is 2.59. The Kier molecular flexibility index (Phi) is 7.28. The number of piperazine rings is 1. The van der Waals surface area contributed by atoms with Gasteiger partial charge in [-0.1, -0.05) is 30.3 Å². The van der Waals surface area contributed by atoms with Gasteiger partial charge in [-0.15, -0.1) is 0 Å². The van der Waals surface area contributed by atoms with Crippen LogP contribution in [-0.2, 0) is 16.0 Å². The van der Waals surface area contributed by atoms with Gasteiger partial charge in [0, 0.05) is 38.3 Å². The number of nitrogens with one attached hydrogen (secondary N) is 1. The van der Waals surface area contributed by atoms with Crippen LogP contribution in [0.5, 0.6) is 5.75 Å². The van der Waals surface area contributed by atoms with E-state index in [0.29, 0.717) is 19.5 Å². The molecular formula is C25H33N3O4. The fraction of sp³-hybridized carbons (Fsp3) is 0.440. The SMILES string of the molecule is Cc1ccccc1N1CCN(C(=O)C(Cc2ccc(O)cc2)NC(=O)OC(C)(C)C)CC1. The Morgan fingerprint density at radius 1 is 1.03 bits per heavy atom. The molecule has 2 amide bonds. The fourth-order valence-corrected chi connectivity index (χ4v) is 3.82. The molecule has 1 aliphatic rings. The molecule has 2 N–H and O–H groups in total. The van der Waals surface area contributed by atoms with Gasteiger partial charge >= 0.3 is 6.09 Å². The molecule has 1 fully saturated rings. The Bertz CT molecular complexity index is 929. The van der Waals surface area contributed by atoms with Crippen molar-refractivity contribution in [1.29, 1.82) is 0 Å². The van der Waals surface area contributed by atoms with Gasteiger partial charge in [-0.25, -0.2) is 4.79 Å². The average molecular weight is 440 g/mol. The van der Waals surface area contributed by atoms with Crippen LogP contribution >= 0.6 is 0 Å². The van der Waals surface area contributed by atoms with Crippen LogP contribution in [0.4, 0.5) is 10.5 Å². The van der Waals surface area contributed by atoms with Gasteiger partial charge in [0.05, 0.1) is 0 Å². The number of ether oxygens (including phenoxy) is 1. The third kappa shape index (κ3) is 6.39. The highest BCUT2D eigenvalue weighted by Gasteiger charge is 2.30. The average Bonchev–Trinajstić information content (AvgIpc) is 2.73. The predicted octanol–water partition coefficient (Wildman–Crippen LogP) is 3.49. The first-order valence-corrected chi connectivity index (χ1v) is 11.0. The molecule has 7 heteroatoms. The topological polar surface area (TPSA) is 82.1 Å². The van der Waals surface area contributed by atoms with E-state index in [1.165, 1.54) is 11.3 Å². The summed E-state index contributed by atoms with van der Waals surface area (Å²) in [4.78, 5) is 29.9. The Hall–Kier alpha value is -3.22. The van der Waals surface area contributed by atoms with E-state index in [9.17, 15) is 14.7 Å². The largest absolute Gasteiger partial charge is 0.508 e. The van der Waals surface area contributed by atoms with E-state index in [-0.39, 0.29) is 11.7 Å². The molecule has 1 heterocycles. The Balaban J connectivity index is 1.69. The molecule has 1 saturated heterocycles. The summed E-state index contributed by atoms with van der Waals surface area (Å²) in [6.45, 7) is 10.1. The van der Waals surface area contributed by atoms with E-state index >= 15 is 0 Å². The van der Waals surface area contributed by atoms with Crippen molar-refractivity contribution in [2.24, 2.45) is 0 Å². The van der Waals surface area contributed by atoms with Crippen LogP contribution in [0.3, 0.4) is 0 Å². The number of hydrogen-bond donors (Lipinski definition) is 2. The van der Waals surface area contributed by atoms with E-state index in [1.807, 2.05) is 12.1 Å². The number of aromatic hydroxyl groups is 1. The summed E-state index contributed by atoms with van der Waals surface area (Å²) in [6, 6.07) is 14.1. The fourth-order valence-electron chi connectivity index (χ4n) is 3.82. The minimum Gasteiger partial charge on any atom is -0.508 e. The zero-order valence-corrected chi connectivity index (χ0v) is 19.3. The minimum atomic E-state index is -0.751. The second-order valence-electron chi connectivity index (χ2n) is 9.17. The molecule has 0 aliphatic carbocycles. The number of carbonyl (C=O) groups is 2. The molecule has 0 aromatic heterocycles. The standard InChI is InChI=1S/C25H33N3O4/c1-18-7-5-6-8-22(18)27-13-15-28(16-14-27)23(30)21(26-24(31)32-25(2,3)4)17-19-9-11-20(29)12-10-19/h5-12,21,29H,13-17H2,1-4H3,(H,26,31). The lowest BCUT2D eigenvalue weighted by atomic mass is 10.0. The third-order valence-electron chi connectivity index (χ3n) is 5.41. The molecule has 7 nitrogen and oxygen atoms in total. The maximum absolute atomic E-state index is 13.4. The van der Waals surface area contributed by atoms with Gasteiger partial charge in [-0.3, -0.25) is 4.79 Å². The Morgan fingerprint density at radius 3 is 2.25 bits per heavy atom. The molecular weight excluding hydrogens is 406 g/mol. The highest BCUT2D eigenvalue weighted by Crippen LogP contribution is 2.21. The first kappa shape index (κ1) is 23.4. The van der Waals surface area contributed by atoms with Crippen LogP contribution in [0.25, 0.3) is 0 Å². The van der Waals surface area contributed by atoms with Crippen LogP contribution in [0.2, 0.25) is 0 Å². The number of para-hydroxylation sites is 1. The number of hydrogen-bond acceptors (Lipinski definition) is 5. The van der Waals surface area contributed by atoms with Gasteiger partial charge in [0.25, 0.3) is 0 Å². The smallest absolute Gasteiger partial charge is 0.408 e. The number of carbonyl (C=O) groups excluding carboxylic acids is 2. The van der Waals surface area contributed by atoms with Gasteiger partial charge in [0.2, 0.25) is 5.91 Å². The van der Waals surface area contributed by atoms with Crippen molar-refractivity contribution in [2.75, 3.05) is 31.1 Å². The van der Waals surface area contributed by atoms with E-state index < -0.39 is 17.7 Å². The number of alkyl carbamates (subject to hydrolysis) is 1. The number of rotatable bonds is 5. The molecule has 1 atom stereocenters. The molecule has 0 radical (unpaired) electrons. The van der Waals surface area contributed by atoms with Crippen LogP contribution in [0.15, 0.2) is 48.5 Å². The molecule has 32 heavy (non-hydrogen) atoms. The second-order valence-corrected chi connectivity index (χ2v) is 9.17. The van der Waals surface area contributed by atoms with Crippen molar-refractivity contribution in [1.82, 2.24) is 10.2 Å². The number of benzene rings is 2. The summed E-state index contributed by atoms with van der Waals surface area (Å²) < 4.78 is 5.38. The monoisotopic (exact) mass is 439 g/mol. The molecule has 0 spiro atoms. The summed E-state index contributed by atoms with van der Waals surface area (Å²) in [7, 11) is 0. The van der Waals surface area contributed by atoms with Crippen molar-refractivity contribution >= 4 is 17.7 Å². The van der Waals surface area contributed by atoms with Gasteiger partial charge in [-0.05, 0) is 57.0 Å². The van der Waals surface area contributed by atoms with Crippen LogP contribution in [-0.4, -0.2) is 59.8 Å². The molecule has 172 valence electrons. The number of phenolic OH excluding ortho intramolecular Hbond substituents is 1. The first-order valence-electron chi connectivity index (χ1n) is 11.0. The number of amides is 2. The van der Waals surface area contributed by atoms with Crippen LogP contribution < -0.4 is 10.2 Å². The van der Waals surface area contributed by atoms with Crippen molar-refractivity contribution in [3.8, 4) is 5.75 Å². The van der Waals surface area contributed by atoms with Gasteiger partial charge in [0.15, 0.2) is 0 Å². The Labute approximate surface area is 190 Å². The highest BCUT2D eigenvalue weighted by atomic mass is 16.6. The lowest BCUT2D eigenvalue weighted by Gasteiger charge is -2.38. The maximum Gasteiger partial charge on any atom is 0.408 e. The molecule has 1 unspecified atom stereocenters. The number of nitrogens with zero attached hydrogens (tertiary/aromatic N) is 2. The number of phenols is 1. The van der Waals surface area contributed by atoms with Gasteiger partial charge in [-0.2, -0.15) is 0 Å². The molecule has 0 saturated carbocycles. The Morgan fingerprint density at radius 2 is 1.66 bits per heavy atom. The molecule has 1 aliphatic heterocycles. The van der Waals surface area contributed by atoms with Crippen molar-refractivity contribution < 1.29 is 19.4 Å². The van der Waals surface area contributed by atoms with Crippen LogP contribution in [0.1, 0.15) is 31.9 Å². The summed E-state index contributed by atoms with van der Waals surface area (Å²) >= 11 is 0. The lowest BCUT2D eigenvalue weighted by Crippen LogP contribution is -2.56. The van der Waals surface area contributed by atoms with Gasteiger partial charge in [0.1, 0.15) is 17.4 Å². The number of aryl methyl sites for hydroxylation is 1. The molecule has 0 bridgehead atoms. The first-order chi connectivity index (χ1) is 15.1. The quantitative estimate of drug-likeness (QED) is 0.745. The summed E-state index contributed by atoms with van der Waals surface area (Å²) in [6.07, 6.45) is -0.302. The minimum absolute atomic E-state index is 0.131. The van der Waals surface area contributed by atoms with E-state index in [0.717, 1.165) is 18.7 Å². The summed E-state index contributed by atoms with van der Waals surface area (Å²) in [5, 5.41) is 12.3. The van der Waals surface area contributed by atoms with E-state index in [2.05, 4.69) is 29.3 Å². The summed E-state index contributed by atoms with van der Waals surface area (Å²) in [5.74, 6) is 0.0254. The van der Waals surface area contributed by atoms with E-state index in [1.54, 1.807) is 49.9 Å². The molecule has 3 rings (SSSR count). The van der Waals surface area contributed by atoms with Crippen molar-refractivity contribution in [2.45, 2.75) is 45.8 Å². The highest BCUT2D eigenvalue weighted by molar-refractivity contribution is 5.86. The van der Waals surface area contributed by atoms with Crippen molar-refractivity contribution in [3.05, 3.63) is 59.7 Å². The predicted molar refractivity (Wildman–Crippen MR) is 125 cm³/mol. The normalized spacial score (nSPS) is 15.2. The zero-order valence-electron chi connectivity index (χ0n) is 19.3. The van der Waals surface area contributed by atoms with E-state index in [4.69, 9.17) is 4.74 Å². The molecule has 2 aromatic carbocycles. The molecule has 2 aromatic rings. The third-order valence-corrected chi connectivity index (χ3v) is 5.41. The van der Waals surface area contributed by atoms with Crippen molar-refractivity contribution in [3.63, 3.8) is 0 Å². The lowest BCUT2D eigenvalue weighted by molar-refractivity contribution is -0.133. The van der Waals surface area contributed by atoms with Gasteiger partial charge < -0.3 is 25.0 Å². The second kappa shape index (κ2) is 9.94. The van der Waals surface area contributed by atoms with Crippen LogP contribution in [0, 0.1) is 6.92 Å².